The largest absolute Gasteiger partial charge is 0.497 e. The first-order valence-electron chi connectivity index (χ1n) is 45.6. The molecule has 0 heterocycles. The van der Waals surface area contributed by atoms with Gasteiger partial charge in [0.15, 0.2) is 34.9 Å². The Balaban J connectivity index is 0.000000667. The molecule has 744 valence electrons. The lowest BCUT2D eigenvalue weighted by Crippen LogP contribution is -2.55. The number of hydrogen-bond donors (Lipinski definition) is 11. The van der Waals surface area contributed by atoms with Gasteiger partial charge >= 0.3 is 11.9 Å². The fourth-order valence-corrected chi connectivity index (χ4v) is 16.7. The van der Waals surface area contributed by atoms with Crippen LogP contribution in [0.5, 0.6) is 17.2 Å². The van der Waals surface area contributed by atoms with Gasteiger partial charge in [-0.3, -0.25) is 43.2 Å². The topological polar surface area (TPSA) is 494 Å². The highest BCUT2D eigenvalue weighted by Crippen LogP contribution is 2.25. The summed E-state index contributed by atoms with van der Waals surface area (Å²) in [6, 6.07) is 44.6. The van der Waals surface area contributed by atoms with Crippen molar-refractivity contribution in [2.24, 2.45) is 17.2 Å². The van der Waals surface area contributed by atoms with Crippen molar-refractivity contribution in [2.75, 3.05) is 74.1 Å². The van der Waals surface area contributed by atoms with Gasteiger partial charge in [-0.15, -0.1) is 0 Å². The van der Waals surface area contributed by atoms with Gasteiger partial charge in [0.1, 0.15) is 35.4 Å². The van der Waals surface area contributed by atoms with Crippen molar-refractivity contribution in [1.82, 2.24) is 36.0 Å². The molecular weight excluding hydrogens is 1780 g/mol. The van der Waals surface area contributed by atoms with Crippen LogP contribution in [0.4, 0.5) is 0 Å². The summed E-state index contributed by atoms with van der Waals surface area (Å²) in [5.41, 5.74) is 24.2. The molecule has 0 aliphatic carbocycles. The number of carbonyl (C=O) groups excluding carboxylic acids is 8. The number of rotatable bonds is 60. The number of carbonyl (C=O) groups is 9. The Morgan fingerprint density at radius 1 is 0.388 bits per heavy atom. The molecule has 33 nitrogen and oxygen atoms in total. The molecule has 0 saturated carbocycles. The second-order valence-corrected chi connectivity index (χ2v) is 34.9. The number of ether oxygens (including phenoxy) is 6. The van der Waals surface area contributed by atoms with Gasteiger partial charge in [0.25, 0.3) is 0 Å². The minimum atomic E-state index is -3.84. The van der Waals surface area contributed by atoms with Crippen molar-refractivity contribution in [3.63, 3.8) is 0 Å². The average molecular weight is 1930 g/mol. The number of esters is 1. The number of nitrogens with one attached hydrogen (secondary N) is 4. The Bertz CT molecular complexity index is 4440. The maximum atomic E-state index is 14.2. The zero-order chi connectivity index (χ0) is 99.9. The Morgan fingerprint density at radius 3 is 0.963 bits per heavy atom. The van der Waals surface area contributed by atoms with Gasteiger partial charge in [0.05, 0.1) is 96.0 Å². The van der Waals surface area contributed by atoms with E-state index in [1.54, 1.807) is 50.6 Å². The molecule has 0 aliphatic heterocycles. The minimum absolute atomic E-state index is 0.00102. The van der Waals surface area contributed by atoms with E-state index >= 15 is 0 Å². The van der Waals surface area contributed by atoms with Crippen LogP contribution >= 0.6 is 0 Å². The van der Waals surface area contributed by atoms with Crippen molar-refractivity contribution in [3.8, 4) is 17.2 Å². The number of benzene rings is 6. The maximum Gasteiger partial charge on any atom is 0.306 e. The van der Waals surface area contributed by atoms with E-state index in [9.17, 15) is 66.9 Å². The number of aliphatic hydroxyl groups excluding tert-OH is 3. The van der Waals surface area contributed by atoms with Gasteiger partial charge < -0.3 is 102 Å². The van der Waals surface area contributed by atoms with Crippen LogP contribution in [0.15, 0.2) is 164 Å². The number of aliphatic hydroxyl groups is 3. The van der Waals surface area contributed by atoms with E-state index in [2.05, 4.69) is 78.8 Å². The maximum absolute atomic E-state index is 14.2. The van der Waals surface area contributed by atoms with E-state index in [1.165, 1.54) is 36.0 Å². The highest BCUT2D eigenvalue weighted by Gasteiger charge is 2.38. The molecule has 0 saturated heterocycles. The summed E-state index contributed by atoms with van der Waals surface area (Å²) in [5.74, 6) is -4.03. The number of carboxylic acid groups (broad SMARTS) is 1. The molecule has 6 rings (SSSR count). The van der Waals surface area contributed by atoms with Gasteiger partial charge in [0, 0.05) is 90.1 Å². The number of amides is 7. The van der Waals surface area contributed by atoms with Crippen molar-refractivity contribution in [2.45, 2.75) is 268 Å². The van der Waals surface area contributed by atoms with E-state index in [4.69, 9.17) is 54.4 Å². The zero-order valence-corrected chi connectivity index (χ0v) is 82.0. The molecule has 9 atom stereocenters. The number of methoxy groups -OCH3 is 4. The lowest BCUT2D eigenvalue weighted by atomic mass is 10.0. The number of sulfone groups is 1. The summed E-state index contributed by atoms with van der Waals surface area (Å²) in [6.07, 6.45) is 5.65. The Morgan fingerprint density at radius 2 is 0.672 bits per heavy atom. The fourth-order valence-electron chi connectivity index (χ4n) is 14.6. The second kappa shape index (κ2) is 69.4. The van der Waals surface area contributed by atoms with Crippen LogP contribution in [-0.2, 0) is 131 Å². The summed E-state index contributed by atoms with van der Waals surface area (Å²) in [4.78, 5) is 120. The summed E-state index contributed by atoms with van der Waals surface area (Å²) < 4.78 is 75.9. The second-order valence-electron chi connectivity index (χ2n) is 32.6. The Kier molecular flexibility index (Phi) is 62.0. The molecule has 3 unspecified atom stereocenters. The summed E-state index contributed by atoms with van der Waals surface area (Å²) in [5, 5.41) is 52.4. The molecule has 0 spiro atoms. The van der Waals surface area contributed by atoms with Crippen LogP contribution in [0.25, 0.3) is 0 Å². The average Bonchev–Trinajstić information content (AvgIpc) is 0.812. The van der Waals surface area contributed by atoms with Crippen molar-refractivity contribution in [1.29, 1.82) is 0 Å². The molecule has 0 fully saturated rings. The predicted octanol–water partition coefficient (Wildman–Crippen LogP) is 8.34. The lowest BCUT2D eigenvalue weighted by molar-refractivity contribution is -0.142. The third-order valence-corrected chi connectivity index (χ3v) is 24.1. The third kappa shape index (κ3) is 48.2. The normalized spacial score (nSPS) is 13.0. The highest BCUT2D eigenvalue weighted by atomic mass is 32.2. The van der Waals surface area contributed by atoms with E-state index in [-0.39, 0.29) is 109 Å². The smallest absolute Gasteiger partial charge is 0.306 e. The Labute approximate surface area is 802 Å². The third-order valence-electron chi connectivity index (χ3n) is 21.8. The molecule has 7 amide bonds. The lowest BCUT2D eigenvalue weighted by Gasteiger charge is -2.32. The summed E-state index contributed by atoms with van der Waals surface area (Å²) in [7, 11) is 3.51. The van der Waals surface area contributed by atoms with Gasteiger partial charge in [0.2, 0.25) is 41.4 Å². The number of nitrogens with two attached hydrogens (primary N) is 3. The van der Waals surface area contributed by atoms with E-state index in [0.717, 1.165) is 79.2 Å². The first-order valence-corrected chi connectivity index (χ1v) is 48.0. The van der Waals surface area contributed by atoms with Gasteiger partial charge in [-0.1, -0.05) is 207 Å². The van der Waals surface area contributed by atoms with Crippen LogP contribution in [0.1, 0.15) is 190 Å². The molecule has 0 bridgehead atoms. The van der Waals surface area contributed by atoms with E-state index < -0.39 is 123 Å². The first kappa shape index (κ1) is 120. The number of carboxylic acids is 1. The van der Waals surface area contributed by atoms with Crippen LogP contribution in [0.2, 0.25) is 0 Å². The standard InChI is InChI=1S/C33H50N4O6.C33H49N3O8S.C32H47N3O7.2OS/c1-5-11-26(12-6-2)43-23-29(36-32(40)18-17-31(39)35-3)33(41)37(21-25-15-10-16-27(19-25)42-4)22-30(38)28(34)20-24-13-8-7-9-14-24;1-5-11-27(12-6-2)45(41,42)23-29(35-31(38)17-18-32(39)44-4)33(40)36(21-25-15-10-16-26(19-25)43-3)22-30(37)28(34)20-24-13-8-7-9-14-24;1-4-10-25(11-5-2)42-22-28(34-30(37)16-17-31(38)39)32(40)35(20-24-14-9-15-26(18-24)41-3)21-29(36)27(33)19-23-12-7-6-8-13-23;2*1-2/h7-10,13-16,19,26,28-30,38H,5-6,11-12,17-18,20-23,34H2,1-4H3,(H,35,39)(H,36,40);7-10,13-16,19,27-30,37H,5-6,11-12,17-18,20-23,34H2,1-4H3,(H,35,38);6-9,12-15,18,25,27-29,36H,4-5,10-11,16-17,19-22,33H2,1-3H3,(H,34,37)(H,38,39);;/t2*28-,29?,30+;27-,28?,29+;;/m000../s1. The molecule has 36 heteroatoms. The number of aliphatic carboxylic acids is 1. The van der Waals surface area contributed by atoms with Gasteiger partial charge in [-0.05, 0) is 128 Å². The Hall–Kier alpha value is -10.4. The van der Waals surface area contributed by atoms with E-state index in [0.29, 0.717) is 67.8 Å². The SMILES string of the molecule is CCCC(CCC)OCC(NC(=O)CCC(=O)NC)C(=O)N(Cc1cccc(OC)c1)C[C@@H](O)[C@@H](N)Cc1ccccc1.CCCC(CCC)OCC(NC(=O)CCC(=O)O)C(=O)N(Cc1cccc(OC)c1)C[C@@H](O)[C@@H](N)Cc1ccccc1.CCCC(CCC)S(=O)(=O)CC(NC(=O)CCC(=O)OC)C(=O)N(Cc1cccc(OC)c1)C[C@@H](O)[C@@H](N)Cc1ccccc1.O=S.O=S. The number of hydrogen-bond acceptors (Lipinski definition) is 27. The molecule has 0 radical (unpaired) electrons. The predicted molar refractivity (Wildman–Crippen MR) is 518 cm³/mol. The van der Waals surface area contributed by atoms with E-state index in [1.807, 2.05) is 141 Å². The first-order chi connectivity index (χ1) is 64.3. The van der Waals surface area contributed by atoms with Crippen LogP contribution in [0.3, 0.4) is 0 Å². The van der Waals surface area contributed by atoms with Gasteiger partial charge in [-0.2, -0.15) is 8.42 Å². The van der Waals surface area contributed by atoms with Crippen LogP contribution < -0.4 is 52.7 Å². The van der Waals surface area contributed by atoms with Crippen LogP contribution in [-0.4, -0.2) is 251 Å². The molecule has 0 aromatic heterocycles. The minimum Gasteiger partial charge on any atom is -0.497 e. The van der Waals surface area contributed by atoms with Crippen molar-refractivity contribution in [3.05, 3.63) is 197 Å². The number of nitrogens with zero attached hydrogens (tertiary/aromatic N) is 3. The molecule has 0 aliphatic rings. The molecule has 6 aromatic carbocycles. The molecule has 134 heavy (non-hydrogen) atoms. The van der Waals surface area contributed by atoms with Crippen LogP contribution in [0, 0.1) is 0 Å². The molecule has 6 aromatic rings. The monoisotopic (exact) mass is 1930 g/mol. The zero-order valence-electron chi connectivity index (χ0n) is 79.6. The van der Waals surface area contributed by atoms with Gasteiger partial charge in [-0.25, -0.2) is 8.42 Å². The van der Waals surface area contributed by atoms with Crippen molar-refractivity contribution >= 4 is 88.2 Å². The summed E-state index contributed by atoms with van der Waals surface area (Å²) >= 11 is 5.67. The molecular formula is C98H146N10O23S3. The summed E-state index contributed by atoms with van der Waals surface area (Å²) in [6.45, 7) is 11.9. The quantitative estimate of drug-likeness (QED) is 0.0160. The highest BCUT2D eigenvalue weighted by molar-refractivity contribution is 7.92. The van der Waals surface area contributed by atoms with Crippen molar-refractivity contribution < 1.29 is 109 Å². The fraction of sp³-hybridized carbons (Fsp3) is 0.541. The molecule has 14 N–H and O–H groups in total.